The first-order chi connectivity index (χ1) is 15.6. The summed E-state index contributed by atoms with van der Waals surface area (Å²) in [6, 6.07) is 14.9. The summed E-state index contributed by atoms with van der Waals surface area (Å²) in [6.07, 6.45) is 3.39. The molecule has 3 rings (SSSR count). The van der Waals surface area contributed by atoms with E-state index < -0.39 is 5.82 Å². The Morgan fingerprint density at radius 3 is 2.58 bits per heavy atom. The van der Waals surface area contributed by atoms with Crippen LogP contribution in [0, 0.1) is 5.82 Å². The molecule has 33 heavy (non-hydrogen) atoms. The number of phenolic OH excluding ortho intramolecular Hbond substituents is 1. The van der Waals surface area contributed by atoms with Gasteiger partial charge >= 0.3 is 0 Å². The molecule has 1 saturated heterocycles. The maximum atomic E-state index is 13.5. The Morgan fingerprint density at radius 2 is 1.88 bits per heavy atom. The van der Waals surface area contributed by atoms with Crippen LogP contribution in [0.1, 0.15) is 37.3 Å². The van der Waals surface area contributed by atoms with Gasteiger partial charge in [-0.3, -0.25) is 4.90 Å². The van der Waals surface area contributed by atoms with Crippen molar-refractivity contribution in [3.8, 4) is 5.75 Å². The van der Waals surface area contributed by atoms with Gasteiger partial charge in [-0.15, -0.1) is 24.0 Å². The van der Waals surface area contributed by atoms with Crippen LogP contribution in [0.3, 0.4) is 0 Å². The number of phenols is 1. The number of benzene rings is 2. The number of halogens is 2. The molecule has 1 heterocycles. The van der Waals surface area contributed by atoms with Crippen LogP contribution in [-0.2, 0) is 17.8 Å². The molecule has 0 aromatic heterocycles. The molecule has 1 fully saturated rings. The summed E-state index contributed by atoms with van der Waals surface area (Å²) in [6.45, 7) is 7.73. The smallest absolute Gasteiger partial charge is 0.191 e. The SMILES string of the molecule is CCNC(=NCc1ccc(O)c(F)c1)NCCCOC1CCN(Cc2ccccc2)CC1.I. The van der Waals surface area contributed by atoms with Gasteiger partial charge in [-0.2, -0.15) is 0 Å². The lowest BCUT2D eigenvalue weighted by Crippen LogP contribution is -2.38. The number of ether oxygens (including phenoxy) is 1. The summed E-state index contributed by atoms with van der Waals surface area (Å²) in [7, 11) is 0. The van der Waals surface area contributed by atoms with Crippen molar-refractivity contribution in [1.29, 1.82) is 0 Å². The lowest BCUT2D eigenvalue weighted by molar-refractivity contribution is 0.00534. The molecule has 182 valence electrons. The number of aromatic hydroxyl groups is 1. The van der Waals surface area contributed by atoms with Gasteiger partial charge in [0.25, 0.3) is 0 Å². The zero-order chi connectivity index (χ0) is 22.6. The summed E-state index contributed by atoms with van der Waals surface area (Å²) >= 11 is 0. The van der Waals surface area contributed by atoms with Crippen molar-refractivity contribution in [1.82, 2.24) is 15.5 Å². The molecular formula is C25H36FIN4O2. The predicted molar refractivity (Wildman–Crippen MR) is 142 cm³/mol. The van der Waals surface area contributed by atoms with Gasteiger partial charge in [0.15, 0.2) is 17.5 Å². The van der Waals surface area contributed by atoms with Crippen molar-refractivity contribution in [2.45, 2.75) is 45.4 Å². The van der Waals surface area contributed by atoms with E-state index in [2.05, 4.69) is 50.9 Å². The van der Waals surface area contributed by atoms with Crippen molar-refractivity contribution in [3.63, 3.8) is 0 Å². The zero-order valence-corrected chi connectivity index (χ0v) is 21.6. The van der Waals surface area contributed by atoms with Gasteiger partial charge in [0, 0.05) is 39.3 Å². The van der Waals surface area contributed by atoms with E-state index in [1.54, 1.807) is 6.07 Å². The maximum absolute atomic E-state index is 13.5. The van der Waals surface area contributed by atoms with Gasteiger partial charge in [-0.25, -0.2) is 9.38 Å². The molecule has 1 aliphatic rings. The standard InChI is InChI=1S/C25H35FN4O2.HI/c1-2-27-25(29-18-21-9-10-24(31)23(26)17-21)28-13-6-16-32-22-11-14-30(15-12-22)19-20-7-4-3-5-8-20;/h3-5,7-10,17,22,31H,2,6,11-16,18-19H2,1H3,(H2,27,28,29);1H. The Hall–Kier alpha value is -1.91. The van der Waals surface area contributed by atoms with E-state index >= 15 is 0 Å². The van der Waals surface area contributed by atoms with E-state index in [-0.39, 0.29) is 29.7 Å². The number of nitrogens with one attached hydrogen (secondary N) is 2. The minimum atomic E-state index is -0.626. The fourth-order valence-electron chi connectivity index (χ4n) is 3.77. The summed E-state index contributed by atoms with van der Waals surface area (Å²) in [5.74, 6) is -0.279. The van der Waals surface area contributed by atoms with Crippen LogP contribution in [0.15, 0.2) is 53.5 Å². The van der Waals surface area contributed by atoms with Crippen LogP contribution >= 0.6 is 24.0 Å². The minimum absolute atomic E-state index is 0. The van der Waals surface area contributed by atoms with Gasteiger partial charge in [0.2, 0.25) is 0 Å². The van der Waals surface area contributed by atoms with Crippen LogP contribution in [0.25, 0.3) is 0 Å². The second kappa shape index (κ2) is 15.1. The highest BCUT2D eigenvalue weighted by Crippen LogP contribution is 2.17. The molecule has 2 aromatic rings. The molecule has 0 atom stereocenters. The number of hydrogen-bond acceptors (Lipinski definition) is 4. The minimum Gasteiger partial charge on any atom is -0.505 e. The summed E-state index contributed by atoms with van der Waals surface area (Å²) < 4.78 is 19.6. The zero-order valence-electron chi connectivity index (χ0n) is 19.3. The largest absolute Gasteiger partial charge is 0.505 e. The van der Waals surface area contributed by atoms with E-state index in [4.69, 9.17) is 4.74 Å². The molecule has 2 aromatic carbocycles. The number of likely N-dealkylation sites (tertiary alicyclic amines) is 1. The summed E-state index contributed by atoms with van der Waals surface area (Å²) in [4.78, 5) is 6.98. The number of nitrogens with zero attached hydrogens (tertiary/aromatic N) is 2. The third kappa shape index (κ3) is 9.85. The number of aliphatic imine (C=N–C) groups is 1. The van der Waals surface area contributed by atoms with Crippen molar-refractivity contribution >= 4 is 29.9 Å². The van der Waals surface area contributed by atoms with Crippen molar-refractivity contribution in [3.05, 3.63) is 65.5 Å². The highest BCUT2D eigenvalue weighted by molar-refractivity contribution is 14.0. The lowest BCUT2D eigenvalue weighted by Gasteiger charge is -2.32. The average Bonchev–Trinajstić information content (AvgIpc) is 2.81. The second-order valence-electron chi connectivity index (χ2n) is 8.09. The Kier molecular flexibility index (Phi) is 12.5. The van der Waals surface area contributed by atoms with E-state index in [1.165, 1.54) is 17.7 Å². The summed E-state index contributed by atoms with van der Waals surface area (Å²) in [5.41, 5.74) is 2.08. The van der Waals surface area contributed by atoms with Crippen LogP contribution in [0.2, 0.25) is 0 Å². The van der Waals surface area contributed by atoms with Crippen molar-refractivity contribution in [2.24, 2.45) is 4.99 Å². The Labute approximate surface area is 213 Å². The predicted octanol–water partition coefficient (Wildman–Crippen LogP) is 4.28. The normalized spacial score (nSPS) is 15.2. The molecule has 0 aliphatic carbocycles. The molecule has 1 aliphatic heterocycles. The molecule has 3 N–H and O–H groups in total. The average molecular weight is 570 g/mol. The molecule has 6 nitrogen and oxygen atoms in total. The fourth-order valence-corrected chi connectivity index (χ4v) is 3.77. The van der Waals surface area contributed by atoms with Crippen LogP contribution < -0.4 is 10.6 Å². The third-order valence-electron chi connectivity index (χ3n) is 5.53. The van der Waals surface area contributed by atoms with Gasteiger partial charge < -0.3 is 20.5 Å². The second-order valence-corrected chi connectivity index (χ2v) is 8.09. The summed E-state index contributed by atoms with van der Waals surface area (Å²) in [5, 5.41) is 15.8. The van der Waals surface area contributed by atoms with E-state index in [0.29, 0.717) is 24.2 Å². The fraction of sp³-hybridized carbons (Fsp3) is 0.480. The van der Waals surface area contributed by atoms with Crippen LogP contribution in [0.5, 0.6) is 5.75 Å². The monoisotopic (exact) mass is 570 g/mol. The van der Waals surface area contributed by atoms with Crippen molar-refractivity contribution < 1.29 is 14.2 Å². The van der Waals surface area contributed by atoms with E-state index in [9.17, 15) is 9.50 Å². The highest BCUT2D eigenvalue weighted by atomic mass is 127. The molecule has 0 unspecified atom stereocenters. The van der Waals surface area contributed by atoms with Gasteiger partial charge in [0.05, 0.1) is 12.6 Å². The first-order valence-corrected chi connectivity index (χ1v) is 11.5. The van der Waals surface area contributed by atoms with Crippen molar-refractivity contribution in [2.75, 3.05) is 32.8 Å². The number of piperidine rings is 1. The number of hydrogen-bond donors (Lipinski definition) is 3. The van der Waals surface area contributed by atoms with Crippen LogP contribution in [-0.4, -0.2) is 54.9 Å². The molecule has 0 saturated carbocycles. The lowest BCUT2D eigenvalue weighted by atomic mass is 10.1. The van der Waals surface area contributed by atoms with Gasteiger partial charge in [0.1, 0.15) is 0 Å². The topological polar surface area (TPSA) is 69.1 Å². The van der Waals surface area contributed by atoms with Crippen LogP contribution in [0.4, 0.5) is 4.39 Å². The molecule has 0 spiro atoms. The number of rotatable bonds is 10. The molecule has 0 amide bonds. The number of guanidine groups is 1. The maximum Gasteiger partial charge on any atom is 0.191 e. The Morgan fingerprint density at radius 1 is 1.12 bits per heavy atom. The third-order valence-corrected chi connectivity index (χ3v) is 5.53. The van der Waals surface area contributed by atoms with E-state index in [0.717, 1.165) is 58.6 Å². The Bertz CT molecular complexity index is 846. The first-order valence-electron chi connectivity index (χ1n) is 11.5. The molecule has 0 radical (unpaired) electrons. The van der Waals surface area contributed by atoms with Gasteiger partial charge in [-0.05, 0) is 49.4 Å². The first kappa shape index (κ1) is 27.3. The highest BCUT2D eigenvalue weighted by Gasteiger charge is 2.19. The molecule has 8 heteroatoms. The Balaban J connectivity index is 0.00000385. The van der Waals surface area contributed by atoms with Gasteiger partial charge in [-0.1, -0.05) is 36.4 Å². The quantitative estimate of drug-likeness (QED) is 0.172. The van der Waals surface area contributed by atoms with E-state index in [1.807, 2.05) is 6.92 Å². The molecule has 0 bridgehead atoms. The molecular weight excluding hydrogens is 534 g/mol.